The summed E-state index contributed by atoms with van der Waals surface area (Å²) in [7, 11) is 1.55. The van der Waals surface area contributed by atoms with Crippen LogP contribution in [-0.2, 0) is 17.9 Å². The molecule has 1 fully saturated rings. The number of likely N-dealkylation sites (tertiary alicyclic amines) is 1. The van der Waals surface area contributed by atoms with Gasteiger partial charge in [0, 0.05) is 48.3 Å². The first kappa shape index (κ1) is 28.0. The van der Waals surface area contributed by atoms with Crippen LogP contribution in [0.4, 0.5) is 4.39 Å². The molecular formula is C35H37FN2O4. The van der Waals surface area contributed by atoms with E-state index >= 15 is 4.39 Å². The summed E-state index contributed by atoms with van der Waals surface area (Å²) in [6, 6.07) is 23.8. The highest BCUT2D eigenvalue weighted by Gasteiger charge is 2.43. The first-order chi connectivity index (χ1) is 20.5. The number of benzene rings is 3. The Kier molecular flexibility index (Phi) is 8.29. The average Bonchev–Trinajstić information content (AvgIpc) is 3.42. The van der Waals surface area contributed by atoms with Crippen LogP contribution in [0.2, 0.25) is 0 Å². The van der Waals surface area contributed by atoms with Crippen molar-refractivity contribution in [3.8, 4) is 11.5 Å². The van der Waals surface area contributed by atoms with Crippen LogP contribution in [0.5, 0.6) is 11.5 Å². The fraction of sp³-hybridized carbons (Fsp3) is 0.343. The third-order valence-corrected chi connectivity index (χ3v) is 9.06. The maximum Gasteiger partial charge on any atom is 0.323 e. The zero-order valence-corrected chi connectivity index (χ0v) is 23.9. The fourth-order valence-corrected chi connectivity index (χ4v) is 7.08. The molecule has 0 saturated carbocycles. The van der Waals surface area contributed by atoms with Gasteiger partial charge in [0.1, 0.15) is 23.9 Å². The van der Waals surface area contributed by atoms with Gasteiger partial charge < -0.3 is 19.1 Å². The number of halogens is 1. The molecule has 1 aliphatic carbocycles. The number of rotatable bonds is 10. The standard InChI is InChI=1S/C35H37FN2O4/c1-41-26-15-14-25(31(36)20-26)21-38-22-30(24-8-3-2-4-9-24)27-10-5-6-11-28(27)33(38)17-19-42-34-13-7-12-32-29(34)16-18-37(32)23-35(39)40/h2-9,12-16,18,20,27-28,30,33H,10-11,17,19,21-23H2,1H3,(H,39,40). The number of allylic oxidation sites excluding steroid dienone is 2. The van der Waals surface area contributed by atoms with Gasteiger partial charge in [-0.2, -0.15) is 0 Å². The first-order valence-corrected chi connectivity index (χ1v) is 14.7. The molecule has 4 unspecified atom stereocenters. The number of aromatic nitrogens is 1. The SMILES string of the molecule is COc1ccc(CN2CC(c3ccccc3)C3CC=CCC3C2CCOc2cccc3c2ccn3CC(=O)O)c(F)c1. The Morgan fingerprint density at radius 1 is 1.00 bits per heavy atom. The largest absolute Gasteiger partial charge is 0.497 e. The molecule has 2 aliphatic rings. The van der Waals surface area contributed by atoms with Gasteiger partial charge in [-0.25, -0.2) is 4.39 Å². The van der Waals surface area contributed by atoms with Gasteiger partial charge >= 0.3 is 5.97 Å². The summed E-state index contributed by atoms with van der Waals surface area (Å²) in [5.41, 5.74) is 2.85. The molecular weight excluding hydrogens is 531 g/mol. The molecule has 42 heavy (non-hydrogen) atoms. The molecule has 6 nitrogen and oxygen atoms in total. The van der Waals surface area contributed by atoms with Crippen LogP contribution >= 0.6 is 0 Å². The zero-order valence-electron chi connectivity index (χ0n) is 23.9. The Balaban J connectivity index is 1.26. The number of carbonyl (C=O) groups is 1. The molecule has 1 saturated heterocycles. The van der Waals surface area contributed by atoms with E-state index in [0.29, 0.717) is 42.2 Å². The molecule has 1 aromatic heterocycles. The van der Waals surface area contributed by atoms with Crippen LogP contribution in [0, 0.1) is 17.7 Å². The molecule has 0 spiro atoms. The van der Waals surface area contributed by atoms with Gasteiger partial charge in [-0.3, -0.25) is 9.69 Å². The number of carboxylic acid groups (broad SMARTS) is 1. The molecule has 218 valence electrons. The van der Waals surface area contributed by atoms with Crippen molar-refractivity contribution in [2.45, 2.75) is 44.3 Å². The number of nitrogens with zero attached hydrogens (tertiary/aromatic N) is 2. The van der Waals surface area contributed by atoms with Gasteiger partial charge in [0.15, 0.2) is 0 Å². The Hall–Kier alpha value is -4.10. The van der Waals surface area contributed by atoms with E-state index < -0.39 is 5.97 Å². The molecule has 7 heteroatoms. The summed E-state index contributed by atoms with van der Waals surface area (Å²) in [6.07, 6.45) is 9.27. The Morgan fingerprint density at radius 3 is 2.57 bits per heavy atom. The van der Waals surface area contributed by atoms with Gasteiger partial charge in [-0.1, -0.05) is 54.6 Å². The van der Waals surface area contributed by atoms with E-state index in [4.69, 9.17) is 9.47 Å². The van der Waals surface area contributed by atoms with E-state index in [1.54, 1.807) is 17.9 Å². The molecule has 1 N–H and O–H groups in total. The summed E-state index contributed by atoms with van der Waals surface area (Å²) in [5, 5.41) is 10.2. The second kappa shape index (κ2) is 12.4. The van der Waals surface area contributed by atoms with Gasteiger partial charge in [-0.05, 0) is 60.9 Å². The van der Waals surface area contributed by atoms with Crippen LogP contribution in [0.25, 0.3) is 10.9 Å². The number of ether oxygens (including phenoxy) is 2. The lowest BCUT2D eigenvalue weighted by Crippen LogP contribution is -2.53. The number of carboxylic acids is 1. The summed E-state index contributed by atoms with van der Waals surface area (Å²) in [6.45, 7) is 1.79. The highest BCUT2D eigenvalue weighted by Crippen LogP contribution is 2.46. The highest BCUT2D eigenvalue weighted by atomic mass is 19.1. The normalized spacial score (nSPS) is 22.1. The monoisotopic (exact) mass is 568 g/mol. The van der Waals surface area contributed by atoms with Crippen molar-refractivity contribution in [1.29, 1.82) is 0 Å². The van der Waals surface area contributed by atoms with E-state index in [0.717, 1.165) is 42.5 Å². The van der Waals surface area contributed by atoms with Crippen LogP contribution in [0.15, 0.2) is 91.1 Å². The summed E-state index contributed by atoms with van der Waals surface area (Å²) >= 11 is 0. The van der Waals surface area contributed by atoms with Crippen molar-refractivity contribution >= 4 is 16.9 Å². The molecule has 4 aromatic rings. The number of hydrogen-bond donors (Lipinski definition) is 1. The molecule has 2 heterocycles. The molecule has 0 radical (unpaired) electrons. The maximum absolute atomic E-state index is 15.2. The van der Waals surface area contributed by atoms with Gasteiger partial charge in [0.2, 0.25) is 0 Å². The minimum Gasteiger partial charge on any atom is -0.497 e. The number of aliphatic carboxylic acids is 1. The van der Waals surface area contributed by atoms with E-state index in [-0.39, 0.29) is 18.4 Å². The zero-order chi connectivity index (χ0) is 29.1. The van der Waals surface area contributed by atoms with Crippen molar-refractivity contribution in [3.05, 3.63) is 108 Å². The second-order valence-corrected chi connectivity index (χ2v) is 11.4. The number of piperidine rings is 1. The van der Waals surface area contributed by atoms with Crippen molar-refractivity contribution in [2.75, 3.05) is 20.3 Å². The van der Waals surface area contributed by atoms with Gasteiger partial charge in [0.25, 0.3) is 0 Å². The van der Waals surface area contributed by atoms with Crippen LogP contribution in [0.3, 0.4) is 0 Å². The molecule has 1 aliphatic heterocycles. The van der Waals surface area contributed by atoms with Crippen LogP contribution in [0.1, 0.15) is 36.3 Å². The lowest BCUT2D eigenvalue weighted by Gasteiger charge is -2.51. The van der Waals surface area contributed by atoms with E-state index in [1.807, 2.05) is 36.4 Å². The number of hydrogen-bond acceptors (Lipinski definition) is 4. The van der Waals surface area contributed by atoms with Crippen molar-refractivity contribution in [3.63, 3.8) is 0 Å². The summed E-state index contributed by atoms with van der Waals surface area (Å²) in [4.78, 5) is 13.8. The van der Waals surface area contributed by atoms with Crippen molar-refractivity contribution in [2.24, 2.45) is 11.8 Å². The third-order valence-electron chi connectivity index (χ3n) is 9.06. The van der Waals surface area contributed by atoms with Gasteiger partial charge in [-0.15, -0.1) is 0 Å². The Labute approximate surface area is 246 Å². The summed E-state index contributed by atoms with van der Waals surface area (Å²) in [5.74, 6) is 1.44. The fourth-order valence-electron chi connectivity index (χ4n) is 7.08. The van der Waals surface area contributed by atoms with Crippen molar-refractivity contribution < 1.29 is 23.8 Å². The Morgan fingerprint density at radius 2 is 1.81 bits per heavy atom. The highest BCUT2D eigenvalue weighted by molar-refractivity contribution is 5.87. The summed E-state index contributed by atoms with van der Waals surface area (Å²) < 4.78 is 28.5. The van der Waals surface area contributed by atoms with Crippen LogP contribution in [-0.4, -0.2) is 46.8 Å². The smallest absolute Gasteiger partial charge is 0.323 e. The Bertz CT molecular complexity index is 1570. The predicted octanol–water partition coefficient (Wildman–Crippen LogP) is 6.89. The minimum atomic E-state index is -0.880. The molecule has 3 aromatic carbocycles. The van der Waals surface area contributed by atoms with Crippen LogP contribution < -0.4 is 9.47 Å². The van der Waals surface area contributed by atoms with E-state index in [2.05, 4.69) is 47.4 Å². The van der Waals surface area contributed by atoms with E-state index in [9.17, 15) is 9.90 Å². The second-order valence-electron chi connectivity index (χ2n) is 11.4. The molecule has 4 atom stereocenters. The average molecular weight is 569 g/mol. The predicted molar refractivity (Wildman–Crippen MR) is 161 cm³/mol. The lowest BCUT2D eigenvalue weighted by atomic mass is 9.65. The third kappa shape index (κ3) is 5.79. The topological polar surface area (TPSA) is 63.9 Å². The first-order valence-electron chi connectivity index (χ1n) is 14.7. The van der Waals surface area contributed by atoms with E-state index in [1.165, 1.54) is 11.6 Å². The van der Waals surface area contributed by atoms with Crippen molar-refractivity contribution in [1.82, 2.24) is 9.47 Å². The van der Waals surface area contributed by atoms with Gasteiger partial charge in [0.05, 0.1) is 19.2 Å². The maximum atomic E-state index is 15.2. The molecule has 0 amide bonds. The molecule has 6 rings (SSSR count). The molecule has 0 bridgehead atoms. The lowest BCUT2D eigenvalue weighted by molar-refractivity contribution is -0.137. The minimum absolute atomic E-state index is 0.0922. The number of methoxy groups -OCH3 is 1. The quantitative estimate of drug-likeness (QED) is 0.211. The number of fused-ring (bicyclic) bond motifs is 2.